The van der Waals surface area contributed by atoms with Crippen molar-refractivity contribution in [2.24, 2.45) is 11.1 Å². The molecule has 1 unspecified atom stereocenters. The van der Waals surface area contributed by atoms with E-state index in [2.05, 4.69) is 5.32 Å². The molecule has 1 aromatic carbocycles. The quantitative estimate of drug-likeness (QED) is 0.756. The molecule has 0 radical (unpaired) electrons. The lowest BCUT2D eigenvalue weighted by molar-refractivity contribution is -0.136. The van der Waals surface area contributed by atoms with Gasteiger partial charge in [-0.25, -0.2) is 13.2 Å². The number of carbonyl (C=O) groups is 2. The number of likely N-dealkylation sites (tertiary alicyclic amines) is 1. The van der Waals surface area contributed by atoms with E-state index in [-0.39, 0.29) is 29.8 Å². The van der Waals surface area contributed by atoms with Crippen LogP contribution in [0.3, 0.4) is 0 Å². The predicted molar refractivity (Wildman–Crippen MR) is 98.1 cm³/mol. The van der Waals surface area contributed by atoms with Crippen molar-refractivity contribution in [2.75, 3.05) is 13.1 Å². The molecule has 5 nitrogen and oxygen atoms in total. The van der Waals surface area contributed by atoms with Crippen LogP contribution in [0.1, 0.15) is 44.0 Å². The predicted octanol–water partition coefficient (Wildman–Crippen LogP) is 2.62. The molecule has 27 heavy (non-hydrogen) atoms. The summed E-state index contributed by atoms with van der Waals surface area (Å²) in [6, 6.07) is -0.0182. The lowest BCUT2D eigenvalue weighted by Gasteiger charge is -2.36. The Balaban J connectivity index is 0.00000364. The van der Waals surface area contributed by atoms with E-state index >= 15 is 0 Å². The molecule has 1 aliphatic rings. The summed E-state index contributed by atoms with van der Waals surface area (Å²) in [5, 5.41) is 2.60. The molecule has 0 spiro atoms. The number of piperidine rings is 1. The number of carbonyl (C=O) groups excluding carboxylic acids is 2. The van der Waals surface area contributed by atoms with E-state index < -0.39 is 35.0 Å². The van der Waals surface area contributed by atoms with Crippen LogP contribution < -0.4 is 11.1 Å². The molecule has 1 aliphatic heterocycles. The molecule has 9 heteroatoms. The van der Waals surface area contributed by atoms with Crippen molar-refractivity contribution in [1.29, 1.82) is 0 Å². The van der Waals surface area contributed by atoms with Gasteiger partial charge in [0, 0.05) is 25.2 Å². The van der Waals surface area contributed by atoms with Gasteiger partial charge in [-0.1, -0.05) is 20.8 Å². The molecule has 2 rings (SSSR count). The molecular weight excluding hydrogens is 383 g/mol. The number of rotatable bonds is 3. The SMILES string of the molecule is CC(C)(C)C(N)C(=O)N1CCC(NC(=O)c2cc(F)c(F)cc2F)CC1.Cl. The first-order valence-corrected chi connectivity index (χ1v) is 8.50. The largest absolute Gasteiger partial charge is 0.349 e. The Labute approximate surface area is 162 Å². The van der Waals surface area contributed by atoms with E-state index in [1.54, 1.807) is 4.90 Å². The number of hydrogen-bond donors (Lipinski definition) is 2. The summed E-state index contributed by atoms with van der Waals surface area (Å²) in [6.45, 7) is 6.48. The Morgan fingerprint density at radius 2 is 1.63 bits per heavy atom. The minimum atomic E-state index is -1.35. The van der Waals surface area contributed by atoms with Gasteiger partial charge in [0.05, 0.1) is 11.6 Å². The van der Waals surface area contributed by atoms with E-state index in [1.165, 1.54) is 0 Å². The summed E-state index contributed by atoms with van der Waals surface area (Å²) in [4.78, 5) is 26.2. The third kappa shape index (κ3) is 5.59. The molecule has 152 valence electrons. The van der Waals surface area contributed by atoms with Crippen LogP contribution in [0, 0.1) is 22.9 Å². The number of nitrogens with zero attached hydrogens (tertiary/aromatic N) is 1. The third-order valence-electron chi connectivity index (χ3n) is 4.60. The zero-order valence-electron chi connectivity index (χ0n) is 15.5. The Kier molecular flexibility index (Phi) is 7.68. The fraction of sp³-hybridized carbons (Fsp3) is 0.556. The lowest BCUT2D eigenvalue weighted by Crippen LogP contribution is -2.54. The molecule has 1 aromatic rings. The minimum absolute atomic E-state index is 0. The second-order valence-electron chi connectivity index (χ2n) is 7.66. The van der Waals surface area contributed by atoms with E-state index in [0.717, 1.165) is 0 Å². The van der Waals surface area contributed by atoms with Crippen LogP contribution in [0.15, 0.2) is 12.1 Å². The zero-order chi connectivity index (χ0) is 19.6. The highest BCUT2D eigenvalue weighted by molar-refractivity contribution is 5.94. The van der Waals surface area contributed by atoms with Gasteiger partial charge < -0.3 is 16.0 Å². The first-order valence-electron chi connectivity index (χ1n) is 8.50. The molecule has 1 heterocycles. The lowest BCUT2D eigenvalue weighted by atomic mass is 9.86. The summed E-state index contributed by atoms with van der Waals surface area (Å²) in [6.07, 6.45) is 0.944. The van der Waals surface area contributed by atoms with Crippen LogP contribution in [0.25, 0.3) is 0 Å². The van der Waals surface area contributed by atoms with Gasteiger partial charge >= 0.3 is 0 Å². The monoisotopic (exact) mass is 407 g/mol. The topological polar surface area (TPSA) is 75.4 Å². The highest BCUT2D eigenvalue weighted by atomic mass is 35.5. The van der Waals surface area contributed by atoms with Gasteiger partial charge in [0.25, 0.3) is 5.91 Å². The Morgan fingerprint density at radius 3 is 2.15 bits per heavy atom. The average Bonchev–Trinajstić information content (AvgIpc) is 2.56. The maximum absolute atomic E-state index is 13.7. The van der Waals surface area contributed by atoms with Crippen molar-refractivity contribution in [3.63, 3.8) is 0 Å². The second kappa shape index (κ2) is 8.93. The molecule has 3 N–H and O–H groups in total. The highest BCUT2D eigenvalue weighted by Gasteiger charge is 2.33. The van der Waals surface area contributed by atoms with Gasteiger partial charge in [0.15, 0.2) is 11.6 Å². The minimum Gasteiger partial charge on any atom is -0.349 e. The first-order chi connectivity index (χ1) is 12.0. The fourth-order valence-corrected chi connectivity index (χ4v) is 2.77. The molecular formula is C18H25ClF3N3O2. The number of halogens is 4. The molecule has 1 saturated heterocycles. The van der Waals surface area contributed by atoms with Crippen molar-refractivity contribution < 1.29 is 22.8 Å². The number of amides is 2. The van der Waals surface area contributed by atoms with Gasteiger partial charge in [-0.15, -0.1) is 12.4 Å². The molecule has 1 fully saturated rings. The van der Waals surface area contributed by atoms with Gasteiger partial charge in [-0.2, -0.15) is 0 Å². The Morgan fingerprint density at radius 1 is 1.11 bits per heavy atom. The van der Waals surface area contributed by atoms with Crippen molar-refractivity contribution in [3.05, 3.63) is 35.1 Å². The van der Waals surface area contributed by atoms with Crippen LogP contribution in [0.5, 0.6) is 0 Å². The van der Waals surface area contributed by atoms with E-state index in [9.17, 15) is 22.8 Å². The third-order valence-corrected chi connectivity index (χ3v) is 4.60. The number of benzene rings is 1. The molecule has 0 aliphatic carbocycles. The van der Waals surface area contributed by atoms with Gasteiger partial charge in [-0.05, 0) is 24.3 Å². The first kappa shape index (κ1) is 23.2. The number of hydrogen-bond acceptors (Lipinski definition) is 3. The summed E-state index contributed by atoms with van der Waals surface area (Å²) >= 11 is 0. The maximum Gasteiger partial charge on any atom is 0.254 e. The van der Waals surface area contributed by atoms with E-state index in [1.807, 2.05) is 20.8 Å². The van der Waals surface area contributed by atoms with Crippen LogP contribution >= 0.6 is 12.4 Å². The van der Waals surface area contributed by atoms with Crippen molar-refractivity contribution in [3.8, 4) is 0 Å². The van der Waals surface area contributed by atoms with Crippen molar-refractivity contribution in [1.82, 2.24) is 10.2 Å². The van der Waals surface area contributed by atoms with Gasteiger partial charge in [0.2, 0.25) is 5.91 Å². The van der Waals surface area contributed by atoms with Crippen LogP contribution in [0.4, 0.5) is 13.2 Å². The summed E-state index contributed by atoms with van der Waals surface area (Å²) < 4.78 is 39.9. The smallest absolute Gasteiger partial charge is 0.254 e. The molecule has 2 amide bonds. The maximum atomic E-state index is 13.7. The van der Waals surface area contributed by atoms with Crippen LogP contribution in [-0.4, -0.2) is 41.9 Å². The molecule has 0 saturated carbocycles. The van der Waals surface area contributed by atoms with Crippen molar-refractivity contribution in [2.45, 2.75) is 45.7 Å². The number of nitrogens with one attached hydrogen (secondary N) is 1. The fourth-order valence-electron chi connectivity index (χ4n) is 2.77. The summed E-state index contributed by atoms with van der Waals surface area (Å²) in [5.74, 6) is -4.70. The second-order valence-corrected chi connectivity index (χ2v) is 7.66. The zero-order valence-corrected chi connectivity index (χ0v) is 16.3. The summed E-state index contributed by atoms with van der Waals surface area (Å²) in [5.41, 5.74) is 5.09. The Bertz CT molecular complexity index is 702. The van der Waals surface area contributed by atoms with E-state index in [4.69, 9.17) is 5.73 Å². The average molecular weight is 408 g/mol. The highest BCUT2D eigenvalue weighted by Crippen LogP contribution is 2.21. The number of nitrogens with two attached hydrogens (primary N) is 1. The van der Waals surface area contributed by atoms with Gasteiger partial charge in [-0.3, -0.25) is 9.59 Å². The molecule has 0 aromatic heterocycles. The summed E-state index contributed by atoms with van der Waals surface area (Å²) in [7, 11) is 0. The van der Waals surface area contributed by atoms with Crippen LogP contribution in [0.2, 0.25) is 0 Å². The Hall–Kier alpha value is -1.80. The van der Waals surface area contributed by atoms with Crippen LogP contribution in [-0.2, 0) is 4.79 Å². The molecule has 1 atom stereocenters. The molecule has 0 bridgehead atoms. The normalized spacial score (nSPS) is 16.5. The van der Waals surface area contributed by atoms with Crippen molar-refractivity contribution >= 4 is 24.2 Å². The standard InChI is InChI=1S/C18H24F3N3O2.ClH/c1-18(2,3)15(22)17(26)24-6-4-10(5-7-24)23-16(25)11-8-13(20)14(21)9-12(11)19;/h8-10,15H,4-7,22H2,1-3H3,(H,23,25);1H. The van der Waals surface area contributed by atoms with Gasteiger partial charge in [0.1, 0.15) is 5.82 Å². The van der Waals surface area contributed by atoms with E-state index in [0.29, 0.717) is 38.1 Å².